The van der Waals surface area contributed by atoms with Crippen LogP contribution in [0, 0.1) is 17.2 Å². The zero-order valence-corrected chi connectivity index (χ0v) is 12.5. The van der Waals surface area contributed by atoms with E-state index < -0.39 is 12.1 Å². The number of likely N-dealkylation sites (tertiary alicyclic amines) is 1. The molecule has 0 radical (unpaired) electrons. The summed E-state index contributed by atoms with van der Waals surface area (Å²) < 4.78 is 38.3. The summed E-state index contributed by atoms with van der Waals surface area (Å²) >= 11 is 3.19. The smallest absolute Gasteiger partial charge is 0.339 e. The number of hydrogen-bond acceptors (Lipinski definition) is 2. The standard InChI is InChI=1S/C14H12BrF3N2O/c15-12-7-9(1-2-10(12)8-19)13(21)20-5-3-11(4-6-20)14(16,17)18/h1-2,7,11H,3-6H2. The fraction of sp³-hybridized carbons (Fsp3) is 0.429. The van der Waals surface area contributed by atoms with Crippen LogP contribution in [-0.2, 0) is 0 Å². The molecular formula is C14H12BrF3N2O. The summed E-state index contributed by atoms with van der Waals surface area (Å²) in [5.74, 6) is -1.63. The Kier molecular flexibility index (Phi) is 4.57. The van der Waals surface area contributed by atoms with Crippen molar-refractivity contribution in [3.05, 3.63) is 33.8 Å². The number of hydrogen-bond donors (Lipinski definition) is 0. The van der Waals surface area contributed by atoms with Gasteiger partial charge in [0.1, 0.15) is 6.07 Å². The zero-order chi connectivity index (χ0) is 15.6. The van der Waals surface area contributed by atoms with Gasteiger partial charge in [-0.05, 0) is 47.0 Å². The van der Waals surface area contributed by atoms with Gasteiger partial charge in [-0.2, -0.15) is 18.4 Å². The SMILES string of the molecule is N#Cc1ccc(C(=O)N2CCC(C(F)(F)F)CC2)cc1Br. The van der Waals surface area contributed by atoms with Crippen molar-refractivity contribution in [3.63, 3.8) is 0 Å². The van der Waals surface area contributed by atoms with E-state index in [0.29, 0.717) is 15.6 Å². The maximum Gasteiger partial charge on any atom is 0.391 e. The third-order valence-electron chi connectivity index (χ3n) is 3.58. The molecule has 0 spiro atoms. The van der Waals surface area contributed by atoms with Gasteiger partial charge in [-0.15, -0.1) is 0 Å². The highest BCUT2D eigenvalue weighted by Crippen LogP contribution is 2.34. The van der Waals surface area contributed by atoms with E-state index >= 15 is 0 Å². The number of alkyl halides is 3. The first-order chi connectivity index (χ1) is 9.82. The van der Waals surface area contributed by atoms with Gasteiger partial charge in [-0.25, -0.2) is 0 Å². The molecule has 0 atom stereocenters. The van der Waals surface area contributed by atoms with Gasteiger partial charge in [0.2, 0.25) is 0 Å². The number of nitrogens with zero attached hydrogens (tertiary/aromatic N) is 2. The molecule has 1 saturated heterocycles. The topological polar surface area (TPSA) is 44.1 Å². The highest BCUT2D eigenvalue weighted by atomic mass is 79.9. The molecule has 1 heterocycles. The number of carbonyl (C=O) groups is 1. The minimum absolute atomic E-state index is 0.0628. The normalized spacial score (nSPS) is 16.6. The van der Waals surface area contributed by atoms with Crippen LogP contribution in [0.4, 0.5) is 13.2 Å². The van der Waals surface area contributed by atoms with Crippen LogP contribution in [0.1, 0.15) is 28.8 Å². The van der Waals surface area contributed by atoms with Crippen LogP contribution in [0.15, 0.2) is 22.7 Å². The lowest BCUT2D eigenvalue weighted by molar-refractivity contribution is -0.183. The van der Waals surface area contributed by atoms with E-state index in [2.05, 4.69) is 15.9 Å². The van der Waals surface area contributed by atoms with Crippen LogP contribution in [0.2, 0.25) is 0 Å². The molecule has 0 aromatic heterocycles. The number of nitriles is 1. The summed E-state index contributed by atoms with van der Waals surface area (Å²) in [6.07, 6.45) is -4.31. The van der Waals surface area contributed by atoms with Crippen molar-refractivity contribution in [2.45, 2.75) is 19.0 Å². The Morgan fingerprint density at radius 2 is 1.95 bits per heavy atom. The molecule has 0 N–H and O–H groups in total. The molecule has 0 bridgehead atoms. The Bertz CT molecular complexity index is 587. The van der Waals surface area contributed by atoms with E-state index in [1.54, 1.807) is 0 Å². The van der Waals surface area contributed by atoms with Gasteiger partial charge in [0.05, 0.1) is 11.5 Å². The van der Waals surface area contributed by atoms with Gasteiger partial charge in [-0.1, -0.05) is 0 Å². The van der Waals surface area contributed by atoms with Crippen molar-refractivity contribution >= 4 is 21.8 Å². The van der Waals surface area contributed by atoms with E-state index in [1.165, 1.54) is 23.1 Å². The van der Waals surface area contributed by atoms with Gasteiger partial charge in [0.25, 0.3) is 5.91 Å². The average Bonchev–Trinajstić information content (AvgIpc) is 2.45. The second-order valence-electron chi connectivity index (χ2n) is 4.91. The fourth-order valence-corrected chi connectivity index (χ4v) is 2.80. The van der Waals surface area contributed by atoms with Crippen molar-refractivity contribution in [2.75, 3.05) is 13.1 Å². The van der Waals surface area contributed by atoms with E-state index in [-0.39, 0.29) is 31.8 Å². The third kappa shape index (κ3) is 3.56. The Balaban J connectivity index is 2.06. The molecule has 3 nitrogen and oxygen atoms in total. The van der Waals surface area contributed by atoms with E-state index in [0.717, 1.165) is 0 Å². The maximum atomic E-state index is 12.6. The van der Waals surface area contributed by atoms with Crippen LogP contribution in [-0.4, -0.2) is 30.1 Å². The Labute approximate surface area is 128 Å². The van der Waals surface area contributed by atoms with Crippen molar-refractivity contribution in [1.29, 1.82) is 5.26 Å². The molecule has 112 valence electrons. The summed E-state index contributed by atoms with van der Waals surface area (Å²) in [4.78, 5) is 13.7. The van der Waals surface area contributed by atoms with Gasteiger partial charge in [0.15, 0.2) is 0 Å². The predicted octanol–water partition coefficient (Wildman–Crippen LogP) is 3.74. The lowest BCUT2D eigenvalue weighted by Gasteiger charge is -2.33. The second-order valence-corrected chi connectivity index (χ2v) is 5.77. The first-order valence-corrected chi connectivity index (χ1v) is 7.18. The molecule has 7 heteroatoms. The van der Waals surface area contributed by atoms with Crippen LogP contribution in [0.5, 0.6) is 0 Å². The summed E-state index contributed by atoms with van der Waals surface area (Å²) in [7, 11) is 0. The molecule has 1 fully saturated rings. The van der Waals surface area contributed by atoms with Gasteiger partial charge in [0, 0.05) is 23.1 Å². The van der Waals surface area contributed by atoms with Gasteiger partial charge < -0.3 is 4.90 Å². The van der Waals surface area contributed by atoms with Crippen LogP contribution in [0.25, 0.3) is 0 Å². The summed E-state index contributed by atoms with van der Waals surface area (Å²) in [5, 5.41) is 8.82. The minimum atomic E-state index is -4.19. The lowest BCUT2D eigenvalue weighted by atomic mass is 9.96. The Hall–Kier alpha value is -1.55. The molecule has 1 amide bonds. The predicted molar refractivity (Wildman–Crippen MR) is 73.5 cm³/mol. The average molecular weight is 361 g/mol. The summed E-state index contributed by atoms with van der Waals surface area (Å²) in [5.41, 5.74) is 0.772. The largest absolute Gasteiger partial charge is 0.391 e. The highest BCUT2D eigenvalue weighted by Gasteiger charge is 2.41. The number of rotatable bonds is 1. The van der Waals surface area contributed by atoms with Gasteiger partial charge in [-0.3, -0.25) is 4.79 Å². The number of piperidine rings is 1. The van der Waals surface area contributed by atoms with Crippen molar-refractivity contribution < 1.29 is 18.0 Å². The first kappa shape index (κ1) is 15.8. The molecule has 1 aliphatic rings. The lowest BCUT2D eigenvalue weighted by Crippen LogP contribution is -2.42. The van der Waals surface area contributed by atoms with Crippen LogP contribution < -0.4 is 0 Å². The molecular weight excluding hydrogens is 349 g/mol. The molecule has 1 aromatic carbocycles. The molecule has 1 aliphatic heterocycles. The Morgan fingerprint density at radius 3 is 2.43 bits per heavy atom. The zero-order valence-electron chi connectivity index (χ0n) is 11.0. The van der Waals surface area contributed by atoms with Crippen LogP contribution in [0.3, 0.4) is 0 Å². The monoisotopic (exact) mass is 360 g/mol. The first-order valence-electron chi connectivity index (χ1n) is 6.38. The number of carbonyl (C=O) groups excluding carboxylic acids is 1. The molecule has 21 heavy (non-hydrogen) atoms. The van der Waals surface area contributed by atoms with Gasteiger partial charge >= 0.3 is 6.18 Å². The minimum Gasteiger partial charge on any atom is -0.339 e. The second kappa shape index (κ2) is 6.06. The highest BCUT2D eigenvalue weighted by molar-refractivity contribution is 9.10. The van der Waals surface area contributed by atoms with E-state index in [4.69, 9.17) is 5.26 Å². The number of amides is 1. The quantitative estimate of drug-likeness (QED) is 0.765. The molecule has 1 aromatic rings. The molecule has 0 saturated carbocycles. The maximum absolute atomic E-state index is 12.6. The summed E-state index contributed by atoms with van der Waals surface area (Å²) in [6, 6.07) is 6.52. The van der Waals surface area contributed by atoms with Crippen LogP contribution >= 0.6 is 15.9 Å². The Morgan fingerprint density at radius 1 is 1.33 bits per heavy atom. The van der Waals surface area contributed by atoms with Crippen molar-refractivity contribution in [3.8, 4) is 6.07 Å². The van der Waals surface area contributed by atoms with E-state index in [9.17, 15) is 18.0 Å². The summed E-state index contributed by atoms with van der Waals surface area (Å²) in [6.45, 7) is 0.196. The third-order valence-corrected chi connectivity index (χ3v) is 4.24. The van der Waals surface area contributed by atoms with Crippen molar-refractivity contribution in [1.82, 2.24) is 4.90 Å². The fourth-order valence-electron chi connectivity index (χ4n) is 2.33. The number of halogens is 4. The van der Waals surface area contributed by atoms with Crippen molar-refractivity contribution in [2.24, 2.45) is 5.92 Å². The molecule has 0 aliphatic carbocycles. The number of benzene rings is 1. The molecule has 2 rings (SSSR count). The van der Waals surface area contributed by atoms with E-state index in [1.807, 2.05) is 6.07 Å². The molecule has 0 unspecified atom stereocenters.